The van der Waals surface area contributed by atoms with Crippen LogP contribution in [0.4, 0.5) is 0 Å². The predicted molar refractivity (Wildman–Crippen MR) is 110 cm³/mol. The number of carbonyl (C=O) groups excluding carboxylic acids is 1. The number of rotatable bonds is 10. The van der Waals surface area contributed by atoms with Crippen molar-refractivity contribution < 1.29 is 14.6 Å². The van der Waals surface area contributed by atoms with Crippen molar-refractivity contribution in [2.45, 2.75) is 33.3 Å². The Hall–Kier alpha value is -2.49. The Balaban J connectivity index is 1.78. The van der Waals surface area contributed by atoms with Gasteiger partial charge in [-0.2, -0.15) is 0 Å². The second kappa shape index (κ2) is 11.3. The zero-order chi connectivity index (χ0) is 19.5. The zero-order valence-electron chi connectivity index (χ0n) is 16.2. The van der Waals surface area contributed by atoms with E-state index in [0.29, 0.717) is 24.3 Å². The molecule has 0 aliphatic carbocycles. The van der Waals surface area contributed by atoms with Crippen LogP contribution in [0.3, 0.4) is 0 Å². The summed E-state index contributed by atoms with van der Waals surface area (Å²) in [5.41, 5.74) is 4.84. The summed E-state index contributed by atoms with van der Waals surface area (Å²) < 4.78 is 5.76. The van der Waals surface area contributed by atoms with Crippen LogP contribution in [-0.2, 0) is 11.3 Å². The summed E-state index contributed by atoms with van der Waals surface area (Å²) in [6, 6.07) is 16.9. The normalized spacial score (nSPS) is 12.3. The Bertz CT molecular complexity index is 771. The highest BCUT2D eigenvalue weighted by atomic mass is 16.5. The molecule has 27 heavy (non-hydrogen) atoms. The maximum absolute atomic E-state index is 12.4. The van der Waals surface area contributed by atoms with E-state index in [9.17, 15) is 4.79 Å². The van der Waals surface area contributed by atoms with E-state index in [1.807, 2.05) is 67.6 Å². The highest BCUT2D eigenvalue weighted by Crippen LogP contribution is 2.12. The molecule has 0 fully saturated rings. The van der Waals surface area contributed by atoms with Gasteiger partial charge in [0, 0.05) is 11.1 Å². The molecule has 0 aromatic heterocycles. The van der Waals surface area contributed by atoms with Gasteiger partial charge in [-0.1, -0.05) is 77.9 Å². The summed E-state index contributed by atoms with van der Waals surface area (Å²) in [6.45, 7) is 5.31. The Morgan fingerprint density at radius 1 is 0.926 bits per heavy atom. The molecule has 3 nitrogen and oxygen atoms in total. The Morgan fingerprint density at radius 2 is 1.59 bits per heavy atom. The van der Waals surface area contributed by atoms with Crippen LogP contribution >= 0.6 is 0 Å². The fourth-order valence-electron chi connectivity index (χ4n) is 2.70. The summed E-state index contributed by atoms with van der Waals surface area (Å²) >= 11 is 0. The van der Waals surface area contributed by atoms with E-state index in [0.717, 1.165) is 18.4 Å². The van der Waals surface area contributed by atoms with E-state index in [1.54, 1.807) is 0 Å². The molecule has 2 aromatic carbocycles. The number of ketones is 1. The summed E-state index contributed by atoms with van der Waals surface area (Å²) in [6.07, 6.45) is 5.92. The minimum atomic E-state index is 0.0346. The molecule has 2 aromatic rings. The molecule has 0 radical (unpaired) electrons. The predicted octanol–water partition coefficient (Wildman–Crippen LogP) is 5.10. The first kappa shape index (κ1) is 20.8. The maximum atomic E-state index is 12.4. The van der Waals surface area contributed by atoms with Gasteiger partial charge in [0.1, 0.15) is 0 Å². The topological polar surface area (TPSA) is 46.5 Å². The smallest absolute Gasteiger partial charge is 0.193 e. The van der Waals surface area contributed by atoms with Gasteiger partial charge in [0.2, 0.25) is 0 Å². The zero-order valence-corrected chi connectivity index (χ0v) is 16.2. The van der Waals surface area contributed by atoms with Crippen LogP contribution < -0.4 is 0 Å². The maximum Gasteiger partial charge on any atom is 0.193 e. The fourth-order valence-corrected chi connectivity index (χ4v) is 2.70. The van der Waals surface area contributed by atoms with Gasteiger partial charge in [-0.25, -0.2) is 0 Å². The molecule has 0 heterocycles. The molecule has 1 N–H and O–H groups in total. The number of aliphatic hydroxyl groups is 1. The Morgan fingerprint density at radius 3 is 2.26 bits per heavy atom. The third kappa shape index (κ3) is 7.33. The lowest BCUT2D eigenvalue weighted by atomic mass is 10.0. The van der Waals surface area contributed by atoms with E-state index in [-0.39, 0.29) is 12.4 Å². The van der Waals surface area contributed by atoms with Crippen LogP contribution in [0.2, 0.25) is 0 Å². The van der Waals surface area contributed by atoms with Crippen LogP contribution in [-0.4, -0.2) is 24.1 Å². The highest BCUT2D eigenvalue weighted by Gasteiger charge is 2.08. The number of ether oxygens (including phenoxy) is 1. The molecule has 3 heteroatoms. The number of carbonyl (C=O) groups is 1. The molecule has 0 aliphatic rings. The first-order chi connectivity index (χ1) is 13.1. The SMILES string of the molecule is CC(=CCO)CCC=C(C)COCc1ccc(C(=O)c2ccccc2)cc1. The van der Waals surface area contributed by atoms with E-state index in [4.69, 9.17) is 9.84 Å². The minimum absolute atomic E-state index is 0.0346. The molecular weight excluding hydrogens is 336 g/mol. The number of hydrogen-bond acceptors (Lipinski definition) is 3. The van der Waals surface area contributed by atoms with E-state index < -0.39 is 0 Å². The molecule has 0 unspecified atom stereocenters. The number of allylic oxidation sites excluding steroid dienone is 2. The van der Waals surface area contributed by atoms with Gasteiger partial charge in [0.05, 0.1) is 19.8 Å². The fraction of sp³-hybridized carbons (Fsp3) is 0.292. The molecule has 0 saturated carbocycles. The van der Waals surface area contributed by atoms with Crippen molar-refractivity contribution >= 4 is 5.78 Å². The summed E-state index contributed by atoms with van der Waals surface area (Å²) in [5, 5.41) is 8.84. The van der Waals surface area contributed by atoms with E-state index in [1.165, 1.54) is 11.1 Å². The van der Waals surface area contributed by atoms with Crippen LogP contribution in [0.5, 0.6) is 0 Å². The monoisotopic (exact) mass is 364 g/mol. The molecule has 0 amide bonds. The van der Waals surface area contributed by atoms with Gasteiger partial charge < -0.3 is 9.84 Å². The highest BCUT2D eigenvalue weighted by molar-refractivity contribution is 6.08. The second-order valence-electron chi connectivity index (χ2n) is 6.71. The number of aliphatic hydroxyl groups excluding tert-OH is 1. The van der Waals surface area contributed by atoms with Gasteiger partial charge in [-0.3, -0.25) is 4.79 Å². The molecular formula is C24H28O3. The van der Waals surface area contributed by atoms with Crippen LogP contribution in [0, 0.1) is 0 Å². The molecule has 0 saturated heterocycles. The number of benzene rings is 2. The standard InChI is InChI=1S/C24H28O3/c1-19(15-16-25)7-6-8-20(2)17-27-18-21-11-13-23(14-12-21)24(26)22-9-4-3-5-10-22/h3-5,8-15,25H,6-7,16-18H2,1-2H3. The molecule has 2 rings (SSSR count). The molecule has 0 bridgehead atoms. The van der Waals surface area contributed by atoms with Crippen molar-refractivity contribution in [3.8, 4) is 0 Å². The molecule has 0 aliphatic heterocycles. The molecule has 142 valence electrons. The lowest BCUT2D eigenvalue weighted by molar-refractivity contribution is 0.103. The first-order valence-electron chi connectivity index (χ1n) is 9.28. The Labute approximate surface area is 162 Å². The number of hydrogen-bond donors (Lipinski definition) is 1. The van der Waals surface area contributed by atoms with Crippen molar-refractivity contribution in [2.75, 3.05) is 13.2 Å². The van der Waals surface area contributed by atoms with Gasteiger partial charge in [0.15, 0.2) is 5.78 Å². The third-order valence-corrected chi connectivity index (χ3v) is 4.32. The summed E-state index contributed by atoms with van der Waals surface area (Å²) in [5.74, 6) is 0.0346. The van der Waals surface area contributed by atoms with E-state index >= 15 is 0 Å². The largest absolute Gasteiger partial charge is 0.392 e. The summed E-state index contributed by atoms with van der Waals surface area (Å²) in [4.78, 5) is 12.4. The lowest BCUT2D eigenvalue weighted by Crippen LogP contribution is -2.02. The average molecular weight is 364 g/mol. The van der Waals surface area contributed by atoms with Crippen LogP contribution in [0.15, 0.2) is 77.9 Å². The van der Waals surface area contributed by atoms with Crippen molar-refractivity contribution in [1.82, 2.24) is 0 Å². The van der Waals surface area contributed by atoms with Gasteiger partial charge in [0.25, 0.3) is 0 Å². The van der Waals surface area contributed by atoms with Crippen molar-refractivity contribution in [3.63, 3.8) is 0 Å². The van der Waals surface area contributed by atoms with Gasteiger partial charge in [-0.15, -0.1) is 0 Å². The first-order valence-corrected chi connectivity index (χ1v) is 9.28. The van der Waals surface area contributed by atoms with Crippen molar-refractivity contribution in [2.24, 2.45) is 0 Å². The average Bonchev–Trinajstić information content (AvgIpc) is 2.69. The minimum Gasteiger partial charge on any atom is -0.392 e. The van der Waals surface area contributed by atoms with Crippen molar-refractivity contribution in [1.29, 1.82) is 0 Å². The molecule has 0 spiro atoms. The van der Waals surface area contributed by atoms with Gasteiger partial charge >= 0.3 is 0 Å². The van der Waals surface area contributed by atoms with Crippen LogP contribution in [0.1, 0.15) is 48.2 Å². The quantitative estimate of drug-likeness (QED) is 0.471. The van der Waals surface area contributed by atoms with Gasteiger partial charge in [-0.05, 0) is 32.3 Å². The summed E-state index contributed by atoms with van der Waals surface area (Å²) in [7, 11) is 0. The Kier molecular flexibility index (Phi) is 8.69. The second-order valence-corrected chi connectivity index (χ2v) is 6.71. The van der Waals surface area contributed by atoms with Crippen molar-refractivity contribution in [3.05, 3.63) is 94.6 Å². The third-order valence-electron chi connectivity index (χ3n) is 4.32. The molecule has 0 atom stereocenters. The van der Waals surface area contributed by atoms with E-state index in [2.05, 4.69) is 13.0 Å². The lowest BCUT2D eigenvalue weighted by Gasteiger charge is -2.07. The van der Waals surface area contributed by atoms with Crippen LogP contribution in [0.25, 0.3) is 0 Å².